The fraction of sp³-hybridized carbons (Fsp3) is 0.147. The minimum atomic E-state index is -5.08. The second-order valence-corrected chi connectivity index (χ2v) is 11.3. The molecular formula is C34H24F8N4O9. The number of fused-ring (bicyclic) bond motifs is 2. The molecule has 0 saturated heterocycles. The van der Waals surface area contributed by atoms with Gasteiger partial charge in [-0.25, -0.2) is 31.5 Å². The first-order valence-electron chi connectivity index (χ1n) is 15.1. The van der Waals surface area contributed by atoms with Crippen molar-refractivity contribution in [2.24, 2.45) is 5.73 Å². The molecule has 0 saturated carbocycles. The van der Waals surface area contributed by atoms with Crippen LogP contribution in [0.2, 0.25) is 0 Å². The standard InChI is InChI=1S/C32H23F5N4O7.C2HF3O2/c1-12(38)30(44)39-11-21(43)40-13-5-7-15-19(9-13)48-20-10-14(41-31(45)24-25(33)27(35)29(37)28(36)26(24)34)6-8-16(20)22(15)17-3-2-4-18(42)23(17)32(46)47;3-2(4,5)1(6)7/h2-10,12,22,42H,11,38H2,1H3,(H,39,44)(H,40,43)(H,41,45)(H,46,47);(H,6,7). The van der Waals surface area contributed by atoms with Gasteiger partial charge < -0.3 is 41.7 Å². The van der Waals surface area contributed by atoms with Crippen LogP contribution >= 0.6 is 0 Å². The average Bonchev–Trinajstić information content (AvgIpc) is 3.10. The second kappa shape index (κ2) is 16.1. The van der Waals surface area contributed by atoms with E-state index in [2.05, 4.69) is 16.0 Å². The number of benzene rings is 4. The quantitative estimate of drug-likeness (QED) is 0.0607. The Balaban J connectivity index is 0.000000876. The number of alkyl halides is 3. The summed E-state index contributed by atoms with van der Waals surface area (Å²) in [5.41, 5.74) is 4.06. The van der Waals surface area contributed by atoms with Gasteiger partial charge in [0.1, 0.15) is 28.4 Å². The molecule has 0 aliphatic carbocycles. The molecule has 4 aromatic rings. The van der Waals surface area contributed by atoms with E-state index < -0.39 is 100 Å². The van der Waals surface area contributed by atoms with Crippen LogP contribution in [0.15, 0.2) is 54.6 Å². The second-order valence-electron chi connectivity index (χ2n) is 11.3. The number of carbonyl (C=O) groups excluding carboxylic acids is 3. The number of aromatic hydroxyl groups is 1. The van der Waals surface area contributed by atoms with Gasteiger partial charge in [-0.1, -0.05) is 24.3 Å². The number of ether oxygens (including phenoxy) is 1. The van der Waals surface area contributed by atoms with Gasteiger partial charge in [0.05, 0.1) is 12.6 Å². The molecule has 3 amide bonds. The van der Waals surface area contributed by atoms with Crippen molar-refractivity contribution in [2.75, 3.05) is 17.2 Å². The third-order valence-corrected chi connectivity index (χ3v) is 7.53. The molecule has 0 spiro atoms. The van der Waals surface area contributed by atoms with Crippen molar-refractivity contribution in [1.82, 2.24) is 5.32 Å². The minimum Gasteiger partial charge on any atom is -0.507 e. The molecule has 21 heteroatoms. The molecule has 0 fully saturated rings. The number of carbonyl (C=O) groups is 5. The Labute approximate surface area is 302 Å². The van der Waals surface area contributed by atoms with Gasteiger partial charge in [-0.05, 0) is 30.7 Å². The summed E-state index contributed by atoms with van der Waals surface area (Å²) in [6, 6.07) is 11.3. The van der Waals surface area contributed by atoms with E-state index in [1.807, 2.05) is 0 Å². The van der Waals surface area contributed by atoms with Gasteiger partial charge in [-0.15, -0.1) is 0 Å². The Morgan fingerprint density at radius 1 is 0.764 bits per heavy atom. The van der Waals surface area contributed by atoms with E-state index in [0.29, 0.717) is 11.1 Å². The van der Waals surface area contributed by atoms with Crippen molar-refractivity contribution >= 4 is 41.0 Å². The lowest BCUT2D eigenvalue weighted by molar-refractivity contribution is -0.192. The van der Waals surface area contributed by atoms with E-state index in [4.69, 9.17) is 20.4 Å². The van der Waals surface area contributed by atoms with Gasteiger partial charge in [0, 0.05) is 40.6 Å². The SMILES string of the molecule is CC(N)C(=O)NCC(=O)Nc1ccc2c(c1)Oc1cc(NC(=O)c3c(F)c(F)c(F)c(F)c3F)ccc1C2c1cccc(O)c1C(=O)O.O=C(O)C(F)(F)F. The van der Waals surface area contributed by atoms with Gasteiger partial charge in [-0.2, -0.15) is 13.2 Å². The maximum absolute atomic E-state index is 14.3. The molecule has 13 nitrogen and oxygen atoms in total. The van der Waals surface area contributed by atoms with Crippen LogP contribution in [-0.2, 0) is 14.4 Å². The lowest BCUT2D eigenvalue weighted by Crippen LogP contribution is -2.41. The third-order valence-electron chi connectivity index (χ3n) is 7.53. The molecule has 290 valence electrons. The van der Waals surface area contributed by atoms with Crippen molar-refractivity contribution in [3.8, 4) is 17.2 Å². The molecule has 0 aromatic heterocycles. The third kappa shape index (κ3) is 8.89. The highest BCUT2D eigenvalue weighted by Gasteiger charge is 2.38. The van der Waals surface area contributed by atoms with Crippen molar-refractivity contribution < 1.29 is 79.2 Å². The normalized spacial score (nSPS) is 13.5. The minimum absolute atomic E-state index is 0.0462. The number of carboxylic acid groups (broad SMARTS) is 2. The molecule has 5 rings (SSSR count). The first kappa shape index (κ1) is 41.0. The summed E-state index contributed by atoms with van der Waals surface area (Å²) in [4.78, 5) is 58.0. The Hall–Kier alpha value is -6.77. The number of phenols is 1. The molecule has 0 radical (unpaired) electrons. The van der Waals surface area contributed by atoms with Gasteiger partial charge in [0.2, 0.25) is 17.6 Å². The summed E-state index contributed by atoms with van der Waals surface area (Å²) in [5, 5.41) is 34.4. The summed E-state index contributed by atoms with van der Waals surface area (Å²) >= 11 is 0. The zero-order valence-corrected chi connectivity index (χ0v) is 27.5. The van der Waals surface area contributed by atoms with Crippen LogP contribution in [0.4, 0.5) is 46.5 Å². The van der Waals surface area contributed by atoms with Crippen LogP contribution < -0.4 is 26.4 Å². The number of halogens is 8. The molecule has 2 unspecified atom stereocenters. The van der Waals surface area contributed by atoms with E-state index >= 15 is 0 Å². The number of aliphatic carboxylic acids is 1. The number of carboxylic acids is 2. The smallest absolute Gasteiger partial charge is 0.490 e. The van der Waals surface area contributed by atoms with Gasteiger partial charge in [0.25, 0.3) is 5.91 Å². The number of hydrogen-bond donors (Lipinski definition) is 7. The maximum atomic E-state index is 14.3. The monoisotopic (exact) mass is 784 g/mol. The lowest BCUT2D eigenvalue weighted by Gasteiger charge is -2.30. The van der Waals surface area contributed by atoms with Crippen molar-refractivity contribution in [3.05, 3.63) is 112 Å². The number of nitrogens with two attached hydrogens (primary N) is 1. The molecular weight excluding hydrogens is 760 g/mol. The lowest BCUT2D eigenvalue weighted by atomic mass is 9.80. The largest absolute Gasteiger partial charge is 0.507 e. The molecule has 4 aromatic carbocycles. The topological polar surface area (TPSA) is 217 Å². The van der Waals surface area contributed by atoms with E-state index in [9.17, 15) is 64.5 Å². The Bertz CT molecular complexity index is 2200. The van der Waals surface area contributed by atoms with Gasteiger partial charge >= 0.3 is 18.1 Å². The predicted molar refractivity (Wildman–Crippen MR) is 172 cm³/mol. The molecule has 1 aliphatic heterocycles. The fourth-order valence-corrected chi connectivity index (χ4v) is 5.06. The van der Waals surface area contributed by atoms with E-state index in [1.54, 1.807) is 0 Å². The molecule has 1 aliphatic rings. The molecule has 0 bridgehead atoms. The number of hydrogen-bond acceptors (Lipinski definition) is 8. The predicted octanol–water partition coefficient (Wildman–Crippen LogP) is 5.36. The molecule has 1 heterocycles. The van der Waals surface area contributed by atoms with Crippen molar-refractivity contribution in [2.45, 2.75) is 25.1 Å². The number of aromatic carboxylic acids is 1. The molecule has 2 atom stereocenters. The summed E-state index contributed by atoms with van der Waals surface area (Å²) < 4.78 is 107. The summed E-state index contributed by atoms with van der Waals surface area (Å²) in [5.74, 6) is -20.3. The summed E-state index contributed by atoms with van der Waals surface area (Å²) in [6.07, 6.45) is -5.08. The van der Waals surface area contributed by atoms with Crippen LogP contribution in [0, 0.1) is 29.1 Å². The first-order valence-corrected chi connectivity index (χ1v) is 15.1. The molecule has 8 N–H and O–H groups in total. The van der Waals surface area contributed by atoms with Crippen LogP contribution in [0.3, 0.4) is 0 Å². The highest BCUT2D eigenvalue weighted by molar-refractivity contribution is 6.05. The highest BCUT2D eigenvalue weighted by Crippen LogP contribution is 2.50. The maximum Gasteiger partial charge on any atom is 0.490 e. The van der Waals surface area contributed by atoms with Gasteiger partial charge in [0.15, 0.2) is 23.3 Å². The van der Waals surface area contributed by atoms with Crippen LogP contribution in [0.1, 0.15) is 50.2 Å². The first-order chi connectivity index (χ1) is 25.6. The fourth-order valence-electron chi connectivity index (χ4n) is 5.06. The Kier molecular flexibility index (Phi) is 12.0. The zero-order valence-electron chi connectivity index (χ0n) is 27.5. The number of anilines is 2. The van der Waals surface area contributed by atoms with Gasteiger partial charge in [-0.3, -0.25) is 14.4 Å². The van der Waals surface area contributed by atoms with Crippen molar-refractivity contribution in [3.63, 3.8) is 0 Å². The average molecular weight is 785 g/mol. The van der Waals surface area contributed by atoms with E-state index in [1.165, 1.54) is 55.5 Å². The van der Waals surface area contributed by atoms with Crippen LogP contribution in [0.25, 0.3) is 0 Å². The van der Waals surface area contributed by atoms with E-state index in [-0.39, 0.29) is 28.4 Å². The van der Waals surface area contributed by atoms with Crippen LogP contribution in [-0.4, -0.2) is 63.7 Å². The number of nitrogens with one attached hydrogen (secondary N) is 3. The highest BCUT2D eigenvalue weighted by atomic mass is 19.4. The summed E-state index contributed by atoms with van der Waals surface area (Å²) in [7, 11) is 0. The Morgan fingerprint density at radius 3 is 1.73 bits per heavy atom. The van der Waals surface area contributed by atoms with E-state index in [0.717, 1.165) is 6.07 Å². The number of amides is 3. The van der Waals surface area contributed by atoms with Crippen LogP contribution in [0.5, 0.6) is 17.2 Å². The van der Waals surface area contributed by atoms with Crippen molar-refractivity contribution in [1.29, 1.82) is 0 Å². The molecule has 55 heavy (non-hydrogen) atoms. The Morgan fingerprint density at radius 2 is 1.25 bits per heavy atom. The summed E-state index contributed by atoms with van der Waals surface area (Å²) in [6.45, 7) is 1.02. The number of rotatable bonds is 8. The zero-order chi connectivity index (χ0) is 41.1.